The van der Waals surface area contributed by atoms with E-state index in [-0.39, 0.29) is 17.0 Å². The zero-order chi connectivity index (χ0) is 17.3. The third-order valence-electron chi connectivity index (χ3n) is 5.67. The zero-order valence-corrected chi connectivity index (χ0v) is 16.0. The molecule has 1 N–H and O–H groups in total. The van der Waals surface area contributed by atoms with E-state index in [1.807, 2.05) is 13.8 Å². The molecule has 2 amide bonds. The molecule has 1 aliphatic heterocycles. The number of carbonyl (C=O) groups is 2. The molecular formula is C16H31NO4Si. The van der Waals surface area contributed by atoms with Gasteiger partial charge in [-0.25, -0.2) is 9.69 Å². The van der Waals surface area contributed by atoms with Gasteiger partial charge < -0.3 is 9.53 Å². The number of likely N-dealkylation sites (tertiary alicyclic amines) is 1. The van der Waals surface area contributed by atoms with Crippen molar-refractivity contribution in [3.05, 3.63) is 0 Å². The summed E-state index contributed by atoms with van der Waals surface area (Å²) in [4.78, 5) is 25.1. The number of hydrogen-bond acceptors (Lipinski definition) is 3. The number of carboxylic acid groups (broad SMARTS) is 1. The summed E-state index contributed by atoms with van der Waals surface area (Å²) in [5.41, 5.74) is -0.542. The summed E-state index contributed by atoms with van der Waals surface area (Å²) < 4.78 is 6.17. The minimum Gasteiger partial charge on any atom is -0.465 e. The van der Waals surface area contributed by atoms with Crippen LogP contribution in [0, 0.1) is 5.41 Å². The average molecular weight is 330 g/mol. The summed E-state index contributed by atoms with van der Waals surface area (Å²) >= 11 is 0. The highest BCUT2D eigenvalue weighted by atomic mass is 28.4. The molecule has 128 valence electrons. The van der Waals surface area contributed by atoms with Gasteiger partial charge in [-0.3, -0.25) is 4.79 Å². The first kappa shape index (κ1) is 19.2. The molecule has 1 fully saturated rings. The fourth-order valence-electron chi connectivity index (χ4n) is 2.79. The standard InChI is InChI=1S/C16H31NO4Si/c1-8-16(9-2)10-12(17(13(16)18)14(19)20)11-21-22(6,7)15(3,4)5/h12H,8-11H2,1-7H3,(H,19,20). The van der Waals surface area contributed by atoms with E-state index in [9.17, 15) is 14.7 Å². The Labute approximate surface area is 135 Å². The van der Waals surface area contributed by atoms with E-state index in [4.69, 9.17) is 4.43 Å². The molecule has 1 atom stereocenters. The van der Waals surface area contributed by atoms with Gasteiger partial charge >= 0.3 is 6.09 Å². The van der Waals surface area contributed by atoms with Crippen molar-refractivity contribution < 1.29 is 19.1 Å². The van der Waals surface area contributed by atoms with Gasteiger partial charge in [0.15, 0.2) is 8.32 Å². The first-order valence-corrected chi connectivity index (χ1v) is 11.0. The second-order valence-electron chi connectivity index (χ2n) is 7.87. The second kappa shape index (κ2) is 6.32. The SMILES string of the molecule is CCC1(CC)CC(CO[Si](C)(C)C(C)(C)C)N(C(=O)O)C1=O. The van der Waals surface area contributed by atoms with Crippen LogP contribution in [0.3, 0.4) is 0 Å². The normalized spacial score (nSPS) is 22.2. The van der Waals surface area contributed by atoms with Crippen molar-refractivity contribution in [3.8, 4) is 0 Å². The lowest BCUT2D eigenvalue weighted by Gasteiger charge is -2.37. The molecule has 1 heterocycles. The van der Waals surface area contributed by atoms with E-state index in [1.165, 1.54) is 0 Å². The largest absolute Gasteiger partial charge is 0.465 e. The molecule has 0 aromatic rings. The Balaban J connectivity index is 2.94. The predicted octanol–water partition coefficient (Wildman–Crippen LogP) is 4.09. The van der Waals surface area contributed by atoms with Gasteiger partial charge in [0.2, 0.25) is 5.91 Å². The Kier molecular flexibility index (Phi) is 5.50. The zero-order valence-electron chi connectivity index (χ0n) is 15.0. The van der Waals surface area contributed by atoms with Crippen LogP contribution < -0.4 is 0 Å². The second-order valence-corrected chi connectivity index (χ2v) is 12.7. The highest BCUT2D eigenvalue weighted by Gasteiger charge is 2.52. The Morgan fingerprint density at radius 2 is 1.86 bits per heavy atom. The van der Waals surface area contributed by atoms with Crippen LogP contribution in [0.5, 0.6) is 0 Å². The molecule has 1 saturated heterocycles. The summed E-state index contributed by atoms with van der Waals surface area (Å²) in [5.74, 6) is -0.256. The molecule has 0 aliphatic carbocycles. The van der Waals surface area contributed by atoms with Crippen LogP contribution in [0.25, 0.3) is 0 Å². The Morgan fingerprint density at radius 3 is 2.23 bits per heavy atom. The fraction of sp³-hybridized carbons (Fsp3) is 0.875. The Bertz CT molecular complexity index is 438. The number of imide groups is 1. The van der Waals surface area contributed by atoms with Crippen molar-refractivity contribution in [1.82, 2.24) is 4.90 Å². The highest BCUT2D eigenvalue weighted by molar-refractivity contribution is 6.74. The molecule has 1 rings (SSSR count). The lowest BCUT2D eigenvalue weighted by Crippen LogP contribution is -2.46. The van der Waals surface area contributed by atoms with Crippen LogP contribution in [0.2, 0.25) is 18.1 Å². The molecule has 0 aromatic carbocycles. The molecular weight excluding hydrogens is 298 g/mol. The van der Waals surface area contributed by atoms with Crippen molar-refractivity contribution >= 4 is 20.3 Å². The van der Waals surface area contributed by atoms with Crippen LogP contribution in [0.1, 0.15) is 53.9 Å². The average Bonchev–Trinajstić information content (AvgIpc) is 2.68. The highest BCUT2D eigenvalue weighted by Crippen LogP contribution is 2.43. The third kappa shape index (κ3) is 3.38. The minimum atomic E-state index is -1.96. The fourth-order valence-corrected chi connectivity index (χ4v) is 3.83. The smallest absolute Gasteiger partial charge is 0.414 e. The van der Waals surface area contributed by atoms with Gasteiger partial charge in [0.25, 0.3) is 0 Å². The van der Waals surface area contributed by atoms with Gasteiger partial charge in [-0.05, 0) is 37.4 Å². The van der Waals surface area contributed by atoms with Crippen LogP contribution in [-0.4, -0.2) is 43.0 Å². The first-order valence-electron chi connectivity index (χ1n) is 8.12. The monoisotopic (exact) mass is 329 g/mol. The molecule has 5 nitrogen and oxygen atoms in total. The number of carbonyl (C=O) groups excluding carboxylic acids is 1. The van der Waals surface area contributed by atoms with Crippen LogP contribution in [0.15, 0.2) is 0 Å². The maximum Gasteiger partial charge on any atom is 0.414 e. The van der Waals surface area contributed by atoms with E-state index in [2.05, 4.69) is 33.9 Å². The lowest BCUT2D eigenvalue weighted by molar-refractivity contribution is -0.135. The summed E-state index contributed by atoms with van der Waals surface area (Å²) in [6, 6.07) is -0.362. The van der Waals surface area contributed by atoms with E-state index in [0.29, 0.717) is 25.9 Å². The summed E-state index contributed by atoms with van der Waals surface area (Å²) in [7, 11) is -1.96. The van der Waals surface area contributed by atoms with Gasteiger partial charge in [-0.15, -0.1) is 0 Å². The number of amides is 2. The van der Waals surface area contributed by atoms with Gasteiger partial charge in [0, 0.05) is 0 Å². The van der Waals surface area contributed by atoms with Gasteiger partial charge in [0.05, 0.1) is 18.1 Å². The molecule has 1 unspecified atom stereocenters. The molecule has 0 saturated carbocycles. The molecule has 0 spiro atoms. The van der Waals surface area contributed by atoms with Crippen LogP contribution in [-0.2, 0) is 9.22 Å². The van der Waals surface area contributed by atoms with Crippen molar-refractivity contribution in [2.45, 2.75) is 78.1 Å². The van der Waals surface area contributed by atoms with Crippen LogP contribution in [0.4, 0.5) is 4.79 Å². The quantitative estimate of drug-likeness (QED) is 0.771. The molecule has 1 aliphatic rings. The Hall–Kier alpha value is -0.883. The van der Waals surface area contributed by atoms with E-state index in [0.717, 1.165) is 4.90 Å². The number of nitrogens with zero attached hydrogens (tertiary/aromatic N) is 1. The van der Waals surface area contributed by atoms with Crippen molar-refractivity contribution in [3.63, 3.8) is 0 Å². The van der Waals surface area contributed by atoms with E-state index >= 15 is 0 Å². The van der Waals surface area contributed by atoms with Gasteiger partial charge in [-0.1, -0.05) is 34.6 Å². The van der Waals surface area contributed by atoms with Crippen molar-refractivity contribution in [2.24, 2.45) is 5.41 Å². The topological polar surface area (TPSA) is 66.8 Å². The third-order valence-corrected chi connectivity index (χ3v) is 10.2. The molecule has 6 heteroatoms. The molecule has 0 bridgehead atoms. The van der Waals surface area contributed by atoms with E-state index in [1.54, 1.807) is 0 Å². The lowest BCUT2D eigenvalue weighted by atomic mass is 9.80. The maximum absolute atomic E-state index is 12.6. The van der Waals surface area contributed by atoms with Crippen LogP contribution >= 0.6 is 0 Å². The van der Waals surface area contributed by atoms with Crippen molar-refractivity contribution in [2.75, 3.05) is 6.61 Å². The Morgan fingerprint density at radius 1 is 1.36 bits per heavy atom. The first-order chi connectivity index (χ1) is 9.92. The van der Waals surface area contributed by atoms with Gasteiger partial charge in [-0.2, -0.15) is 0 Å². The number of rotatable bonds is 5. The van der Waals surface area contributed by atoms with Crippen molar-refractivity contribution in [1.29, 1.82) is 0 Å². The summed E-state index contributed by atoms with van der Waals surface area (Å²) in [6.07, 6.45) is 0.753. The predicted molar refractivity (Wildman–Crippen MR) is 89.4 cm³/mol. The molecule has 22 heavy (non-hydrogen) atoms. The maximum atomic E-state index is 12.6. The molecule has 0 radical (unpaired) electrons. The van der Waals surface area contributed by atoms with Gasteiger partial charge in [0.1, 0.15) is 0 Å². The summed E-state index contributed by atoms with van der Waals surface area (Å²) in [6.45, 7) is 15.0. The van der Waals surface area contributed by atoms with E-state index < -0.39 is 19.8 Å². The molecule has 0 aromatic heterocycles. The summed E-state index contributed by atoms with van der Waals surface area (Å²) in [5, 5.41) is 9.49. The minimum absolute atomic E-state index is 0.0657. The number of hydrogen-bond donors (Lipinski definition) is 1.